The highest BCUT2D eigenvalue weighted by Gasteiger charge is 2.16. The molecule has 0 amide bonds. The predicted octanol–water partition coefficient (Wildman–Crippen LogP) is 9.52. The Labute approximate surface area is 192 Å². The fraction of sp³-hybridized carbons (Fsp3) is 0. The van der Waals surface area contributed by atoms with E-state index in [2.05, 4.69) is 72.1 Å². The van der Waals surface area contributed by atoms with Gasteiger partial charge in [-0.2, -0.15) is 0 Å². The zero-order chi connectivity index (χ0) is 21.5. The van der Waals surface area contributed by atoms with Gasteiger partial charge in [-0.05, 0) is 81.0 Å². The molecule has 154 valence electrons. The molecular weight excluding hydrogens is 424 g/mol. The van der Waals surface area contributed by atoms with Crippen LogP contribution in [-0.4, -0.2) is 0 Å². The van der Waals surface area contributed by atoms with E-state index in [-0.39, 0.29) is 0 Å². The first-order valence-electron chi connectivity index (χ1n) is 11.0. The monoisotopic (exact) mass is 440 g/mol. The van der Waals surface area contributed by atoms with E-state index in [0.717, 1.165) is 32.9 Å². The quantitative estimate of drug-likeness (QED) is 0.238. The lowest BCUT2D eigenvalue weighted by Crippen LogP contribution is -1.85. The number of thiophene rings is 1. The zero-order valence-corrected chi connectivity index (χ0v) is 18.3. The molecule has 0 aliphatic heterocycles. The molecule has 2 nitrogen and oxygen atoms in total. The molecule has 0 bridgehead atoms. The third-order valence-corrected chi connectivity index (χ3v) is 7.76. The summed E-state index contributed by atoms with van der Waals surface area (Å²) in [6.07, 6.45) is 1.76. The number of para-hydroxylation sites is 1. The molecule has 8 rings (SSSR count). The molecule has 0 saturated heterocycles. The van der Waals surface area contributed by atoms with Gasteiger partial charge in [-0.3, -0.25) is 0 Å². The average molecular weight is 441 g/mol. The molecule has 3 heterocycles. The standard InChI is InChI=1S/C30H16O2S/c1-3-7-27-19(5-1)25-14-23-22(26-16-33-30-8-4-2-6-20(26)30)12-18-13-28-17(9-10-31-28)11-21(18)24(23)15-29(25)32-27/h1-16H. The van der Waals surface area contributed by atoms with Crippen LogP contribution >= 0.6 is 11.3 Å². The molecule has 8 aromatic rings. The molecule has 3 aromatic heterocycles. The Morgan fingerprint density at radius 3 is 2.36 bits per heavy atom. The molecule has 0 N–H and O–H groups in total. The summed E-state index contributed by atoms with van der Waals surface area (Å²) in [5.41, 5.74) is 5.27. The summed E-state index contributed by atoms with van der Waals surface area (Å²) in [7, 11) is 0. The summed E-state index contributed by atoms with van der Waals surface area (Å²) in [5, 5.41) is 11.8. The van der Waals surface area contributed by atoms with Crippen LogP contribution < -0.4 is 0 Å². The molecule has 0 fully saturated rings. The second kappa shape index (κ2) is 6.25. The van der Waals surface area contributed by atoms with Gasteiger partial charge in [0, 0.05) is 31.8 Å². The van der Waals surface area contributed by atoms with Gasteiger partial charge in [0.05, 0.1) is 6.26 Å². The lowest BCUT2D eigenvalue weighted by atomic mass is 9.91. The SMILES string of the molecule is c1ccc2c(c1)oc1cc3c(cc12)c(-c1csc2ccccc12)cc1cc2occc2cc13. The van der Waals surface area contributed by atoms with Gasteiger partial charge in [-0.15, -0.1) is 11.3 Å². The lowest BCUT2D eigenvalue weighted by Gasteiger charge is -2.11. The minimum atomic E-state index is 0.910. The number of hydrogen-bond acceptors (Lipinski definition) is 3. The molecule has 5 aromatic carbocycles. The maximum Gasteiger partial charge on any atom is 0.136 e. The first kappa shape index (κ1) is 17.5. The van der Waals surface area contributed by atoms with Crippen molar-refractivity contribution in [3.8, 4) is 11.1 Å². The van der Waals surface area contributed by atoms with Crippen LogP contribution in [0.15, 0.2) is 105 Å². The average Bonchev–Trinajstić information content (AvgIpc) is 3.57. The Morgan fingerprint density at radius 2 is 1.39 bits per heavy atom. The Bertz CT molecular complexity index is 2030. The topological polar surface area (TPSA) is 26.3 Å². The normalized spacial score (nSPS) is 12.2. The van der Waals surface area contributed by atoms with Crippen LogP contribution in [0.1, 0.15) is 0 Å². The van der Waals surface area contributed by atoms with Gasteiger partial charge in [0.25, 0.3) is 0 Å². The molecular formula is C30H16O2S. The van der Waals surface area contributed by atoms with Crippen molar-refractivity contribution in [2.45, 2.75) is 0 Å². The van der Waals surface area contributed by atoms with Crippen molar-refractivity contribution in [1.82, 2.24) is 0 Å². The Kier molecular flexibility index (Phi) is 3.31. The molecule has 0 saturated carbocycles. The molecule has 0 unspecified atom stereocenters. The minimum absolute atomic E-state index is 0.910. The molecule has 3 heteroatoms. The molecule has 0 aliphatic rings. The molecule has 0 spiro atoms. The maximum absolute atomic E-state index is 6.27. The van der Waals surface area contributed by atoms with Crippen molar-refractivity contribution in [2.75, 3.05) is 0 Å². The van der Waals surface area contributed by atoms with E-state index < -0.39 is 0 Å². The van der Waals surface area contributed by atoms with Crippen molar-refractivity contribution >= 4 is 75.9 Å². The zero-order valence-electron chi connectivity index (χ0n) is 17.5. The van der Waals surface area contributed by atoms with E-state index in [1.807, 2.05) is 18.2 Å². The highest BCUT2D eigenvalue weighted by molar-refractivity contribution is 7.17. The van der Waals surface area contributed by atoms with Crippen LogP contribution in [0.3, 0.4) is 0 Å². The molecule has 0 aliphatic carbocycles. The third-order valence-electron chi connectivity index (χ3n) is 6.79. The molecule has 0 atom stereocenters. The summed E-state index contributed by atoms with van der Waals surface area (Å²) in [5.74, 6) is 0. The smallest absolute Gasteiger partial charge is 0.136 e. The van der Waals surface area contributed by atoms with Crippen molar-refractivity contribution in [2.24, 2.45) is 0 Å². The van der Waals surface area contributed by atoms with E-state index in [1.54, 1.807) is 17.6 Å². The predicted molar refractivity (Wildman–Crippen MR) is 139 cm³/mol. The van der Waals surface area contributed by atoms with Gasteiger partial charge in [0.1, 0.15) is 16.7 Å². The number of fused-ring (bicyclic) bond motifs is 8. The third kappa shape index (κ3) is 2.37. The van der Waals surface area contributed by atoms with Crippen LogP contribution in [0.2, 0.25) is 0 Å². The fourth-order valence-corrected chi connectivity index (χ4v) is 6.20. The van der Waals surface area contributed by atoms with E-state index in [9.17, 15) is 0 Å². The summed E-state index contributed by atoms with van der Waals surface area (Å²) >= 11 is 1.80. The van der Waals surface area contributed by atoms with E-state index in [1.165, 1.54) is 42.8 Å². The Morgan fingerprint density at radius 1 is 0.515 bits per heavy atom. The highest BCUT2D eigenvalue weighted by atomic mass is 32.1. The second-order valence-electron chi connectivity index (χ2n) is 8.59. The van der Waals surface area contributed by atoms with Gasteiger partial charge in [-0.1, -0.05) is 36.4 Å². The number of hydrogen-bond donors (Lipinski definition) is 0. The first-order valence-corrected chi connectivity index (χ1v) is 11.9. The van der Waals surface area contributed by atoms with Crippen molar-refractivity contribution in [3.05, 3.63) is 96.6 Å². The summed E-state index contributed by atoms with van der Waals surface area (Å²) in [6.45, 7) is 0. The number of benzene rings is 5. The van der Waals surface area contributed by atoms with Gasteiger partial charge >= 0.3 is 0 Å². The number of furan rings is 2. The minimum Gasteiger partial charge on any atom is -0.464 e. The number of rotatable bonds is 1. The Balaban J connectivity index is 1.61. The molecule has 0 radical (unpaired) electrons. The second-order valence-corrected chi connectivity index (χ2v) is 9.50. The van der Waals surface area contributed by atoms with Gasteiger partial charge < -0.3 is 8.83 Å². The molecule has 33 heavy (non-hydrogen) atoms. The maximum atomic E-state index is 6.27. The van der Waals surface area contributed by atoms with E-state index in [0.29, 0.717) is 0 Å². The summed E-state index contributed by atoms with van der Waals surface area (Å²) < 4.78 is 13.3. The highest BCUT2D eigenvalue weighted by Crippen LogP contribution is 2.43. The van der Waals surface area contributed by atoms with Crippen molar-refractivity contribution in [1.29, 1.82) is 0 Å². The van der Waals surface area contributed by atoms with E-state index >= 15 is 0 Å². The van der Waals surface area contributed by atoms with E-state index in [4.69, 9.17) is 8.83 Å². The van der Waals surface area contributed by atoms with Gasteiger partial charge in [0.15, 0.2) is 0 Å². The van der Waals surface area contributed by atoms with Crippen LogP contribution in [0.4, 0.5) is 0 Å². The first-order chi connectivity index (χ1) is 16.3. The lowest BCUT2D eigenvalue weighted by molar-refractivity contribution is 0.616. The van der Waals surface area contributed by atoms with Crippen LogP contribution in [0, 0.1) is 0 Å². The van der Waals surface area contributed by atoms with Gasteiger partial charge in [-0.25, -0.2) is 0 Å². The van der Waals surface area contributed by atoms with Crippen LogP contribution in [0.5, 0.6) is 0 Å². The summed E-state index contributed by atoms with van der Waals surface area (Å²) in [6, 6.07) is 30.2. The van der Waals surface area contributed by atoms with Crippen LogP contribution in [-0.2, 0) is 0 Å². The summed E-state index contributed by atoms with van der Waals surface area (Å²) in [4.78, 5) is 0. The van der Waals surface area contributed by atoms with Crippen molar-refractivity contribution in [3.63, 3.8) is 0 Å². The fourth-order valence-electron chi connectivity index (χ4n) is 5.24. The van der Waals surface area contributed by atoms with Crippen molar-refractivity contribution < 1.29 is 8.83 Å². The van der Waals surface area contributed by atoms with Gasteiger partial charge in [0.2, 0.25) is 0 Å². The Hall–Kier alpha value is -4.08. The largest absolute Gasteiger partial charge is 0.464 e. The van der Waals surface area contributed by atoms with Crippen LogP contribution in [0.25, 0.3) is 75.7 Å².